The highest BCUT2D eigenvalue weighted by molar-refractivity contribution is 5.79. The number of rotatable bonds is 5. The second-order valence-corrected chi connectivity index (χ2v) is 5.51. The van der Waals surface area contributed by atoms with Crippen LogP contribution in [0.2, 0.25) is 0 Å². The summed E-state index contributed by atoms with van der Waals surface area (Å²) in [5.74, 6) is 1.33. The van der Waals surface area contributed by atoms with Gasteiger partial charge in [0.15, 0.2) is 0 Å². The van der Waals surface area contributed by atoms with Crippen molar-refractivity contribution in [1.29, 1.82) is 0 Å². The Balaban J connectivity index is 2.03. The van der Waals surface area contributed by atoms with Crippen LogP contribution in [0.5, 0.6) is 5.75 Å². The topological polar surface area (TPSA) is 64.3 Å². The second kappa shape index (κ2) is 6.75. The fourth-order valence-electron chi connectivity index (χ4n) is 3.09. The molecule has 0 heterocycles. The molecule has 1 aliphatic rings. The van der Waals surface area contributed by atoms with Crippen LogP contribution in [0.25, 0.3) is 0 Å². The summed E-state index contributed by atoms with van der Waals surface area (Å²) in [5.41, 5.74) is 6.75. The van der Waals surface area contributed by atoms with Crippen LogP contribution in [-0.4, -0.2) is 19.6 Å². The highest BCUT2D eigenvalue weighted by Gasteiger charge is 2.32. The number of ether oxygens (including phenoxy) is 1. The van der Waals surface area contributed by atoms with E-state index in [1.807, 2.05) is 31.2 Å². The third-order valence-electron chi connectivity index (χ3n) is 4.26. The van der Waals surface area contributed by atoms with E-state index in [-0.39, 0.29) is 17.9 Å². The van der Waals surface area contributed by atoms with Crippen LogP contribution in [0, 0.1) is 11.8 Å². The summed E-state index contributed by atoms with van der Waals surface area (Å²) in [7, 11) is 1.65. The van der Waals surface area contributed by atoms with Gasteiger partial charge in [-0.3, -0.25) is 4.79 Å². The fourth-order valence-corrected chi connectivity index (χ4v) is 3.09. The predicted molar refractivity (Wildman–Crippen MR) is 79.4 cm³/mol. The van der Waals surface area contributed by atoms with Crippen molar-refractivity contribution in [2.75, 3.05) is 13.7 Å². The molecule has 0 aliphatic heterocycles. The van der Waals surface area contributed by atoms with Crippen LogP contribution in [0.15, 0.2) is 24.3 Å². The quantitative estimate of drug-likeness (QED) is 0.867. The van der Waals surface area contributed by atoms with E-state index in [0.717, 1.165) is 30.6 Å². The van der Waals surface area contributed by atoms with Crippen LogP contribution in [-0.2, 0) is 4.79 Å². The van der Waals surface area contributed by atoms with Gasteiger partial charge in [-0.25, -0.2) is 0 Å². The van der Waals surface area contributed by atoms with Crippen molar-refractivity contribution in [3.63, 3.8) is 0 Å². The van der Waals surface area contributed by atoms with Crippen molar-refractivity contribution in [2.45, 2.75) is 32.2 Å². The molecule has 0 radical (unpaired) electrons. The Kier molecular flexibility index (Phi) is 5.01. The van der Waals surface area contributed by atoms with Gasteiger partial charge in [0.1, 0.15) is 5.75 Å². The molecule has 3 atom stereocenters. The number of benzene rings is 1. The SMILES string of the molecule is COc1ccccc1C(C)NC(=O)C1CCCC1CN. The summed E-state index contributed by atoms with van der Waals surface area (Å²) in [6.45, 7) is 2.59. The monoisotopic (exact) mass is 276 g/mol. The first-order valence-electron chi connectivity index (χ1n) is 7.30. The van der Waals surface area contributed by atoms with E-state index < -0.39 is 0 Å². The number of carbonyl (C=O) groups is 1. The molecule has 2 rings (SSSR count). The van der Waals surface area contributed by atoms with E-state index in [2.05, 4.69) is 5.32 Å². The van der Waals surface area contributed by atoms with Crippen molar-refractivity contribution in [1.82, 2.24) is 5.32 Å². The molecule has 4 heteroatoms. The molecule has 1 saturated carbocycles. The molecule has 0 saturated heterocycles. The Hall–Kier alpha value is -1.55. The van der Waals surface area contributed by atoms with Crippen LogP contribution in [0.1, 0.15) is 37.8 Å². The van der Waals surface area contributed by atoms with E-state index in [1.54, 1.807) is 7.11 Å². The summed E-state index contributed by atoms with van der Waals surface area (Å²) in [6, 6.07) is 7.73. The average Bonchev–Trinajstić information content (AvgIpc) is 2.95. The number of methoxy groups -OCH3 is 1. The Bertz CT molecular complexity index is 462. The lowest BCUT2D eigenvalue weighted by molar-refractivity contribution is -0.126. The fraction of sp³-hybridized carbons (Fsp3) is 0.562. The molecule has 3 N–H and O–H groups in total. The summed E-state index contributed by atoms with van der Waals surface area (Å²) in [4.78, 5) is 12.4. The van der Waals surface area contributed by atoms with Gasteiger partial charge < -0.3 is 15.8 Å². The Labute approximate surface area is 120 Å². The number of hydrogen-bond acceptors (Lipinski definition) is 3. The highest BCUT2D eigenvalue weighted by Crippen LogP contribution is 2.32. The standard InChI is InChI=1S/C16H24N2O2/c1-11(13-7-3-4-9-15(13)20-2)18-16(19)14-8-5-6-12(14)10-17/h3-4,7,9,11-12,14H,5-6,8,10,17H2,1-2H3,(H,18,19). The van der Waals surface area contributed by atoms with E-state index >= 15 is 0 Å². The van der Waals surface area contributed by atoms with Gasteiger partial charge in [0.05, 0.1) is 13.2 Å². The minimum Gasteiger partial charge on any atom is -0.496 e. The zero-order valence-corrected chi connectivity index (χ0v) is 12.3. The van der Waals surface area contributed by atoms with Crippen LogP contribution in [0.4, 0.5) is 0 Å². The maximum atomic E-state index is 12.4. The molecule has 110 valence electrons. The number of nitrogens with one attached hydrogen (secondary N) is 1. The second-order valence-electron chi connectivity index (χ2n) is 5.51. The van der Waals surface area contributed by atoms with Gasteiger partial charge in [0.25, 0.3) is 0 Å². The van der Waals surface area contributed by atoms with Gasteiger partial charge in [0, 0.05) is 11.5 Å². The summed E-state index contributed by atoms with van der Waals surface area (Å²) in [5, 5.41) is 3.10. The molecule has 0 spiro atoms. The Morgan fingerprint density at radius 1 is 1.45 bits per heavy atom. The molecule has 1 aliphatic carbocycles. The van der Waals surface area contributed by atoms with Gasteiger partial charge in [-0.15, -0.1) is 0 Å². The highest BCUT2D eigenvalue weighted by atomic mass is 16.5. The lowest BCUT2D eigenvalue weighted by Gasteiger charge is -2.22. The summed E-state index contributed by atoms with van der Waals surface area (Å²) < 4.78 is 5.34. The first-order chi connectivity index (χ1) is 9.67. The maximum Gasteiger partial charge on any atom is 0.223 e. The molecule has 4 nitrogen and oxygen atoms in total. The molecular weight excluding hydrogens is 252 g/mol. The zero-order chi connectivity index (χ0) is 14.5. The lowest BCUT2D eigenvalue weighted by Crippen LogP contribution is -2.36. The van der Waals surface area contributed by atoms with Crippen molar-refractivity contribution in [2.24, 2.45) is 17.6 Å². The van der Waals surface area contributed by atoms with Gasteiger partial charge in [-0.1, -0.05) is 24.6 Å². The van der Waals surface area contributed by atoms with Gasteiger partial charge in [0.2, 0.25) is 5.91 Å². The van der Waals surface area contributed by atoms with Crippen LogP contribution in [0.3, 0.4) is 0 Å². The zero-order valence-electron chi connectivity index (χ0n) is 12.3. The van der Waals surface area contributed by atoms with Crippen LogP contribution < -0.4 is 15.8 Å². The van der Waals surface area contributed by atoms with E-state index in [0.29, 0.717) is 12.5 Å². The predicted octanol–water partition coefficient (Wildman–Crippen LogP) is 2.25. The largest absolute Gasteiger partial charge is 0.496 e. The number of para-hydroxylation sites is 1. The summed E-state index contributed by atoms with van der Waals surface area (Å²) >= 11 is 0. The van der Waals surface area contributed by atoms with Crippen molar-refractivity contribution < 1.29 is 9.53 Å². The number of amides is 1. The third kappa shape index (κ3) is 3.12. The minimum absolute atomic E-state index is 0.0577. The molecule has 1 amide bonds. The Morgan fingerprint density at radius 2 is 2.20 bits per heavy atom. The average molecular weight is 276 g/mol. The maximum absolute atomic E-state index is 12.4. The van der Waals surface area contributed by atoms with Gasteiger partial charge >= 0.3 is 0 Å². The first kappa shape index (κ1) is 14.9. The number of nitrogens with two attached hydrogens (primary N) is 1. The van der Waals surface area contributed by atoms with Crippen molar-refractivity contribution in [3.8, 4) is 5.75 Å². The van der Waals surface area contributed by atoms with Crippen molar-refractivity contribution in [3.05, 3.63) is 29.8 Å². The van der Waals surface area contributed by atoms with E-state index in [4.69, 9.17) is 10.5 Å². The third-order valence-corrected chi connectivity index (χ3v) is 4.26. The number of carbonyl (C=O) groups excluding carboxylic acids is 1. The molecule has 0 aromatic heterocycles. The first-order valence-corrected chi connectivity index (χ1v) is 7.30. The van der Waals surface area contributed by atoms with Gasteiger partial charge in [-0.05, 0) is 38.3 Å². The molecule has 1 fully saturated rings. The minimum atomic E-state index is -0.0577. The molecule has 1 aromatic rings. The van der Waals surface area contributed by atoms with E-state index in [1.165, 1.54) is 0 Å². The molecular formula is C16H24N2O2. The molecule has 3 unspecified atom stereocenters. The molecule has 1 aromatic carbocycles. The summed E-state index contributed by atoms with van der Waals surface area (Å²) in [6.07, 6.45) is 3.12. The molecule has 20 heavy (non-hydrogen) atoms. The van der Waals surface area contributed by atoms with E-state index in [9.17, 15) is 4.79 Å². The Morgan fingerprint density at radius 3 is 2.90 bits per heavy atom. The number of hydrogen-bond donors (Lipinski definition) is 2. The van der Waals surface area contributed by atoms with Gasteiger partial charge in [-0.2, -0.15) is 0 Å². The van der Waals surface area contributed by atoms with Crippen LogP contribution >= 0.6 is 0 Å². The smallest absolute Gasteiger partial charge is 0.223 e. The van der Waals surface area contributed by atoms with Crippen molar-refractivity contribution >= 4 is 5.91 Å². The lowest BCUT2D eigenvalue weighted by atomic mass is 9.94. The normalized spacial score (nSPS) is 23.4. The molecule has 0 bridgehead atoms.